The molecule has 0 saturated heterocycles. The molecule has 6 heteroatoms. The first-order chi connectivity index (χ1) is 9.86. The lowest BCUT2D eigenvalue weighted by atomic mass is 9.97. The van der Waals surface area contributed by atoms with Crippen molar-refractivity contribution in [1.29, 1.82) is 0 Å². The molecule has 1 aromatic rings. The zero-order valence-electron chi connectivity index (χ0n) is 12.1. The maximum atomic E-state index is 12.1. The zero-order chi connectivity index (χ0) is 15.6. The summed E-state index contributed by atoms with van der Waals surface area (Å²) >= 11 is 0. The zero-order valence-corrected chi connectivity index (χ0v) is 12.1. The van der Waals surface area contributed by atoms with Crippen LogP contribution in [0.2, 0.25) is 0 Å². The Labute approximate surface area is 122 Å². The van der Waals surface area contributed by atoms with Gasteiger partial charge in [-0.25, -0.2) is 4.99 Å². The van der Waals surface area contributed by atoms with E-state index < -0.39 is 17.6 Å². The summed E-state index contributed by atoms with van der Waals surface area (Å²) in [6.45, 7) is 3.40. The van der Waals surface area contributed by atoms with Crippen LogP contribution in [0.1, 0.15) is 19.4 Å². The molecule has 0 aliphatic carbocycles. The number of aliphatic hydroxyl groups is 1. The number of amides is 1. The number of rotatable bonds is 2. The van der Waals surface area contributed by atoms with Crippen molar-refractivity contribution in [3.05, 3.63) is 35.5 Å². The monoisotopic (exact) mass is 290 g/mol. The van der Waals surface area contributed by atoms with Crippen LogP contribution in [0.4, 0.5) is 0 Å². The molecule has 0 aromatic heterocycles. The van der Waals surface area contributed by atoms with Gasteiger partial charge in [0.15, 0.2) is 0 Å². The molecule has 21 heavy (non-hydrogen) atoms. The summed E-state index contributed by atoms with van der Waals surface area (Å²) < 4.78 is 5.15. The van der Waals surface area contributed by atoms with E-state index in [-0.39, 0.29) is 11.6 Å². The van der Waals surface area contributed by atoms with Crippen molar-refractivity contribution in [3.8, 4) is 5.75 Å². The molecule has 0 saturated carbocycles. The van der Waals surface area contributed by atoms with Crippen molar-refractivity contribution in [2.45, 2.75) is 19.6 Å². The van der Waals surface area contributed by atoms with Crippen LogP contribution in [-0.4, -0.2) is 34.9 Å². The minimum Gasteiger partial charge on any atom is -0.508 e. The van der Waals surface area contributed by atoms with Crippen LogP contribution in [0.5, 0.6) is 5.75 Å². The van der Waals surface area contributed by atoms with E-state index in [1.54, 1.807) is 32.1 Å². The fraction of sp³-hybridized carbons (Fsp3) is 0.333. The normalized spacial score (nSPS) is 24.0. The molecule has 0 fully saturated rings. The first-order valence-corrected chi connectivity index (χ1v) is 6.55. The van der Waals surface area contributed by atoms with Gasteiger partial charge in [-0.05, 0) is 23.8 Å². The molecular weight excluding hydrogens is 272 g/mol. The third-order valence-electron chi connectivity index (χ3n) is 3.29. The third-order valence-corrected chi connectivity index (χ3v) is 3.29. The topological polar surface area (TPSA) is 91.2 Å². The Morgan fingerprint density at radius 3 is 2.48 bits per heavy atom. The molecule has 0 bridgehead atoms. The van der Waals surface area contributed by atoms with E-state index in [2.05, 4.69) is 10.3 Å². The minimum absolute atomic E-state index is 0.152. The largest absolute Gasteiger partial charge is 0.508 e. The molecule has 0 unspecified atom stereocenters. The van der Waals surface area contributed by atoms with E-state index >= 15 is 0 Å². The molecular formula is C15H18N2O4. The lowest BCUT2D eigenvalue weighted by molar-refractivity contribution is -0.143. The Kier molecular flexibility index (Phi) is 3.99. The summed E-state index contributed by atoms with van der Waals surface area (Å²) in [7, 11) is 1.42. The Hall–Kier alpha value is -2.34. The number of methoxy groups -OCH3 is 1. The second-order valence-corrected chi connectivity index (χ2v) is 5.11. The molecule has 1 amide bonds. The number of hydrogen-bond acceptors (Lipinski definition) is 5. The number of aromatic hydroxyl groups is 1. The van der Waals surface area contributed by atoms with E-state index in [4.69, 9.17) is 4.74 Å². The van der Waals surface area contributed by atoms with Crippen LogP contribution in [0.15, 0.2) is 35.0 Å². The molecule has 6 nitrogen and oxygen atoms in total. The predicted molar refractivity (Wildman–Crippen MR) is 78.5 cm³/mol. The average molecular weight is 290 g/mol. The van der Waals surface area contributed by atoms with Gasteiger partial charge in [0, 0.05) is 5.92 Å². The van der Waals surface area contributed by atoms with Gasteiger partial charge in [0.2, 0.25) is 11.6 Å². The van der Waals surface area contributed by atoms with Gasteiger partial charge in [0.05, 0.1) is 7.11 Å². The van der Waals surface area contributed by atoms with E-state index in [9.17, 15) is 15.0 Å². The van der Waals surface area contributed by atoms with Crippen LogP contribution in [0.3, 0.4) is 0 Å². The number of phenolic OH excluding ortho intramolecular Hbond substituents is 1. The van der Waals surface area contributed by atoms with Gasteiger partial charge in [0.1, 0.15) is 11.4 Å². The van der Waals surface area contributed by atoms with Crippen molar-refractivity contribution in [1.82, 2.24) is 5.32 Å². The SMILES string of the molecule is COC1=N[C@@](O)(C(C)C)C(=O)N/C1=C\c1ccc(O)cc1. The summed E-state index contributed by atoms with van der Waals surface area (Å²) in [4.78, 5) is 16.1. The summed E-state index contributed by atoms with van der Waals surface area (Å²) in [5.74, 6) is -0.681. The summed E-state index contributed by atoms with van der Waals surface area (Å²) in [6.07, 6.45) is 1.65. The van der Waals surface area contributed by atoms with Gasteiger partial charge < -0.3 is 20.3 Å². The van der Waals surface area contributed by atoms with Crippen molar-refractivity contribution >= 4 is 17.9 Å². The van der Waals surface area contributed by atoms with Gasteiger partial charge in [-0.1, -0.05) is 26.0 Å². The number of phenols is 1. The van der Waals surface area contributed by atoms with E-state index in [0.717, 1.165) is 5.56 Å². The van der Waals surface area contributed by atoms with Crippen LogP contribution in [0, 0.1) is 5.92 Å². The quantitative estimate of drug-likeness (QED) is 0.764. The highest BCUT2D eigenvalue weighted by molar-refractivity contribution is 6.07. The molecule has 1 aromatic carbocycles. The third kappa shape index (κ3) is 2.90. The van der Waals surface area contributed by atoms with Crippen LogP contribution in [-0.2, 0) is 9.53 Å². The van der Waals surface area contributed by atoms with Gasteiger partial charge in [-0.15, -0.1) is 0 Å². The van der Waals surface area contributed by atoms with E-state index in [0.29, 0.717) is 5.70 Å². The number of nitrogens with zero attached hydrogens (tertiary/aromatic N) is 1. The summed E-state index contributed by atoms with van der Waals surface area (Å²) in [6, 6.07) is 6.44. The molecule has 1 atom stereocenters. The first-order valence-electron chi connectivity index (χ1n) is 6.55. The van der Waals surface area contributed by atoms with Gasteiger partial charge in [-0.2, -0.15) is 0 Å². The van der Waals surface area contributed by atoms with Crippen molar-refractivity contribution in [3.63, 3.8) is 0 Å². The van der Waals surface area contributed by atoms with Crippen LogP contribution >= 0.6 is 0 Å². The maximum Gasteiger partial charge on any atom is 0.280 e. The van der Waals surface area contributed by atoms with Crippen LogP contribution < -0.4 is 5.32 Å². The second kappa shape index (κ2) is 5.57. The van der Waals surface area contributed by atoms with Crippen molar-refractivity contribution < 1.29 is 19.7 Å². The number of ether oxygens (including phenoxy) is 1. The number of nitrogens with one attached hydrogen (secondary N) is 1. The number of carbonyl (C=O) groups is 1. The lowest BCUT2D eigenvalue weighted by Gasteiger charge is -2.31. The van der Waals surface area contributed by atoms with E-state index in [1.807, 2.05) is 0 Å². The number of hydrogen-bond donors (Lipinski definition) is 3. The molecule has 112 valence electrons. The van der Waals surface area contributed by atoms with Gasteiger partial charge in [-0.3, -0.25) is 4.79 Å². The average Bonchev–Trinajstić information content (AvgIpc) is 2.45. The van der Waals surface area contributed by atoms with Gasteiger partial charge >= 0.3 is 0 Å². The first kappa shape index (κ1) is 15.1. The van der Waals surface area contributed by atoms with Crippen molar-refractivity contribution in [2.75, 3.05) is 7.11 Å². The molecule has 1 heterocycles. The maximum absolute atomic E-state index is 12.1. The second-order valence-electron chi connectivity index (χ2n) is 5.11. The minimum atomic E-state index is -1.84. The highest BCUT2D eigenvalue weighted by atomic mass is 16.5. The Morgan fingerprint density at radius 2 is 1.95 bits per heavy atom. The lowest BCUT2D eigenvalue weighted by Crippen LogP contribution is -2.54. The molecule has 1 aliphatic rings. The van der Waals surface area contributed by atoms with Crippen molar-refractivity contribution in [2.24, 2.45) is 10.9 Å². The Bertz CT molecular complexity index is 605. The number of carbonyl (C=O) groups excluding carboxylic acids is 1. The predicted octanol–water partition coefficient (Wildman–Crippen LogP) is 1.25. The molecule has 1 aliphatic heterocycles. The van der Waals surface area contributed by atoms with E-state index in [1.165, 1.54) is 19.2 Å². The summed E-state index contributed by atoms with van der Waals surface area (Å²) in [5.41, 5.74) is -0.723. The highest BCUT2D eigenvalue weighted by Gasteiger charge is 2.44. The number of benzene rings is 1. The number of aliphatic imine (C=N–C) groups is 1. The Balaban J connectivity index is 2.42. The molecule has 3 N–H and O–H groups in total. The smallest absolute Gasteiger partial charge is 0.280 e. The highest BCUT2D eigenvalue weighted by Crippen LogP contribution is 2.25. The van der Waals surface area contributed by atoms with Crippen LogP contribution in [0.25, 0.3) is 6.08 Å². The fourth-order valence-corrected chi connectivity index (χ4v) is 1.92. The Morgan fingerprint density at radius 1 is 1.33 bits per heavy atom. The molecule has 0 radical (unpaired) electrons. The molecule has 2 rings (SSSR count). The standard InChI is InChI=1S/C15H18N2O4/c1-9(2)15(20)14(19)16-12(13(17-15)21-3)8-10-4-6-11(18)7-5-10/h4-9,18,20H,1-3H3,(H,16,19)/b12-8-/t15-/m1/s1. The fourth-order valence-electron chi connectivity index (χ4n) is 1.92. The molecule has 0 spiro atoms. The van der Waals surface area contributed by atoms with Gasteiger partial charge in [0.25, 0.3) is 5.91 Å². The summed E-state index contributed by atoms with van der Waals surface area (Å²) in [5, 5.41) is 22.2.